The van der Waals surface area contributed by atoms with Crippen molar-refractivity contribution >= 4 is 44.6 Å². The van der Waals surface area contributed by atoms with Gasteiger partial charge < -0.3 is 0 Å². The number of benzene rings is 1. The normalized spacial score (nSPS) is 13.6. The maximum absolute atomic E-state index is 12.7. The lowest BCUT2D eigenvalue weighted by Gasteiger charge is -2.24. The fourth-order valence-corrected chi connectivity index (χ4v) is 5.12. The molecular formula is C14H15Cl2NO2S2. The van der Waals surface area contributed by atoms with Crippen molar-refractivity contribution in [2.45, 2.75) is 23.7 Å². The molecule has 0 saturated carbocycles. The van der Waals surface area contributed by atoms with Crippen LogP contribution in [0.2, 0.25) is 5.02 Å². The van der Waals surface area contributed by atoms with E-state index in [0.29, 0.717) is 9.90 Å². The van der Waals surface area contributed by atoms with Crippen LogP contribution in [0, 0.1) is 0 Å². The number of alkyl halides is 1. The Morgan fingerprint density at radius 1 is 1.24 bits per heavy atom. The molecule has 1 aromatic heterocycles. The minimum absolute atomic E-state index is 0.190. The van der Waals surface area contributed by atoms with E-state index in [1.54, 1.807) is 30.6 Å². The lowest BCUT2D eigenvalue weighted by atomic mass is 10.1. The quantitative estimate of drug-likeness (QED) is 0.732. The highest BCUT2D eigenvalue weighted by Gasteiger charge is 2.28. The minimum atomic E-state index is -3.57. The summed E-state index contributed by atoms with van der Waals surface area (Å²) in [5, 5.41) is 2.37. The standard InChI is InChI=1S/C14H15Cl2NO2S2/c1-10(11-3-5-12(16)6-4-11)17(2)21(18,19)14-7-8-20-13(14)9-15/h3-8,10H,9H2,1-2H3. The van der Waals surface area contributed by atoms with E-state index in [9.17, 15) is 8.42 Å². The molecule has 21 heavy (non-hydrogen) atoms. The number of halogens is 2. The van der Waals surface area contributed by atoms with Gasteiger partial charge in [-0.1, -0.05) is 23.7 Å². The largest absolute Gasteiger partial charge is 0.244 e. The van der Waals surface area contributed by atoms with Crippen LogP contribution < -0.4 is 0 Å². The van der Waals surface area contributed by atoms with Crippen molar-refractivity contribution in [1.29, 1.82) is 0 Å². The van der Waals surface area contributed by atoms with Crippen molar-refractivity contribution in [2.75, 3.05) is 7.05 Å². The predicted octanol–water partition coefficient (Wildman–Crippen LogP) is 4.52. The van der Waals surface area contributed by atoms with Crippen LogP contribution in [0.4, 0.5) is 0 Å². The zero-order chi connectivity index (χ0) is 15.6. The molecule has 2 rings (SSSR count). The molecule has 1 aromatic carbocycles. The smallest absolute Gasteiger partial charge is 0.207 e. The number of nitrogens with zero attached hydrogens (tertiary/aromatic N) is 1. The fourth-order valence-electron chi connectivity index (χ4n) is 1.97. The van der Waals surface area contributed by atoms with Crippen LogP contribution >= 0.6 is 34.5 Å². The summed E-state index contributed by atoms with van der Waals surface area (Å²) < 4.78 is 26.8. The molecule has 2 aromatic rings. The SMILES string of the molecule is CC(c1ccc(Cl)cc1)N(C)S(=O)(=O)c1ccsc1CCl. The Kier molecular flexibility index (Phi) is 5.33. The summed E-state index contributed by atoms with van der Waals surface area (Å²) in [5.41, 5.74) is 0.883. The van der Waals surface area contributed by atoms with Gasteiger partial charge in [0.1, 0.15) is 0 Å². The van der Waals surface area contributed by atoms with Gasteiger partial charge >= 0.3 is 0 Å². The summed E-state index contributed by atoms with van der Waals surface area (Å²) in [7, 11) is -2.00. The number of hydrogen-bond donors (Lipinski definition) is 0. The van der Waals surface area contributed by atoms with Gasteiger partial charge in [0.25, 0.3) is 0 Å². The molecule has 0 N–H and O–H groups in total. The number of sulfonamides is 1. The van der Waals surface area contributed by atoms with Gasteiger partial charge in [0.2, 0.25) is 10.0 Å². The van der Waals surface area contributed by atoms with Crippen molar-refractivity contribution < 1.29 is 8.42 Å². The third-order valence-electron chi connectivity index (χ3n) is 3.38. The van der Waals surface area contributed by atoms with E-state index in [2.05, 4.69) is 0 Å². The van der Waals surface area contributed by atoms with Crippen molar-refractivity contribution in [3.05, 3.63) is 51.2 Å². The molecule has 3 nitrogen and oxygen atoms in total. The van der Waals surface area contributed by atoms with Crippen molar-refractivity contribution in [3.63, 3.8) is 0 Å². The van der Waals surface area contributed by atoms with E-state index in [4.69, 9.17) is 23.2 Å². The summed E-state index contributed by atoms with van der Waals surface area (Å²) in [4.78, 5) is 0.942. The molecule has 7 heteroatoms. The Morgan fingerprint density at radius 3 is 2.43 bits per heavy atom. The van der Waals surface area contributed by atoms with Gasteiger partial charge in [0, 0.05) is 23.0 Å². The summed E-state index contributed by atoms with van der Waals surface area (Å²) in [6.07, 6.45) is 0. The Bertz CT molecular complexity index is 711. The highest BCUT2D eigenvalue weighted by atomic mass is 35.5. The van der Waals surface area contributed by atoms with Gasteiger partial charge in [0.15, 0.2) is 0 Å². The molecule has 0 radical (unpaired) electrons. The van der Waals surface area contributed by atoms with Crippen LogP contribution in [-0.2, 0) is 15.9 Å². The third-order valence-corrected chi connectivity index (χ3v) is 7.12. The van der Waals surface area contributed by atoms with E-state index >= 15 is 0 Å². The molecule has 0 spiro atoms. The number of rotatable bonds is 5. The maximum atomic E-state index is 12.7. The van der Waals surface area contributed by atoms with Crippen LogP contribution in [-0.4, -0.2) is 19.8 Å². The summed E-state index contributed by atoms with van der Waals surface area (Å²) in [6, 6.07) is 8.47. The molecular weight excluding hydrogens is 349 g/mol. The minimum Gasteiger partial charge on any atom is -0.207 e. The first kappa shape index (κ1) is 16.8. The lowest BCUT2D eigenvalue weighted by Crippen LogP contribution is -2.30. The van der Waals surface area contributed by atoms with E-state index in [-0.39, 0.29) is 16.8 Å². The van der Waals surface area contributed by atoms with Gasteiger partial charge in [-0.3, -0.25) is 0 Å². The van der Waals surface area contributed by atoms with Crippen LogP contribution in [0.15, 0.2) is 40.6 Å². The van der Waals surface area contributed by atoms with E-state index in [1.807, 2.05) is 19.1 Å². The van der Waals surface area contributed by atoms with E-state index < -0.39 is 10.0 Å². The summed E-state index contributed by atoms with van der Waals surface area (Å²) >= 11 is 13.0. The van der Waals surface area contributed by atoms with Crippen LogP contribution in [0.25, 0.3) is 0 Å². The Balaban J connectivity index is 2.34. The first-order valence-corrected chi connectivity index (χ1v) is 9.47. The second-order valence-electron chi connectivity index (χ2n) is 4.59. The molecule has 0 aliphatic carbocycles. The Hall–Kier alpha value is -0.590. The highest BCUT2D eigenvalue weighted by molar-refractivity contribution is 7.89. The molecule has 0 aliphatic rings. The van der Waals surface area contributed by atoms with Gasteiger partial charge in [-0.25, -0.2) is 8.42 Å². The topological polar surface area (TPSA) is 37.4 Å². The molecule has 1 heterocycles. The van der Waals surface area contributed by atoms with Crippen LogP contribution in [0.3, 0.4) is 0 Å². The number of thiophene rings is 1. The first-order chi connectivity index (χ1) is 9.87. The molecule has 0 saturated heterocycles. The van der Waals surface area contributed by atoms with Gasteiger partial charge in [0.05, 0.1) is 10.8 Å². The molecule has 0 amide bonds. The zero-order valence-electron chi connectivity index (χ0n) is 11.6. The monoisotopic (exact) mass is 363 g/mol. The first-order valence-electron chi connectivity index (χ1n) is 6.23. The second-order valence-corrected chi connectivity index (χ2v) is 8.26. The number of hydrogen-bond acceptors (Lipinski definition) is 3. The van der Waals surface area contributed by atoms with Crippen LogP contribution in [0.5, 0.6) is 0 Å². The molecule has 0 fully saturated rings. The molecule has 0 bridgehead atoms. The summed E-state index contributed by atoms with van der Waals surface area (Å²) in [5.74, 6) is 0.190. The maximum Gasteiger partial charge on any atom is 0.244 e. The van der Waals surface area contributed by atoms with Crippen LogP contribution in [0.1, 0.15) is 23.4 Å². The second kappa shape index (κ2) is 6.67. The van der Waals surface area contributed by atoms with Gasteiger partial charge in [-0.2, -0.15) is 4.31 Å². The Morgan fingerprint density at radius 2 is 1.86 bits per heavy atom. The van der Waals surface area contributed by atoms with Crippen molar-refractivity contribution in [1.82, 2.24) is 4.31 Å². The van der Waals surface area contributed by atoms with E-state index in [0.717, 1.165) is 5.56 Å². The average molecular weight is 364 g/mol. The summed E-state index contributed by atoms with van der Waals surface area (Å²) in [6.45, 7) is 1.84. The lowest BCUT2D eigenvalue weighted by molar-refractivity contribution is 0.398. The van der Waals surface area contributed by atoms with Gasteiger partial charge in [-0.15, -0.1) is 22.9 Å². The zero-order valence-corrected chi connectivity index (χ0v) is 14.7. The average Bonchev–Trinajstić information content (AvgIpc) is 2.95. The van der Waals surface area contributed by atoms with Crippen molar-refractivity contribution in [3.8, 4) is 0 Å². The van der Waals surface area contributed by atoms with Gasteiger partial charge in [-0.05, 0) is 36.1 Å². The van der Waals surface area contributed by atoms with Crippen molar-refractivity contribution in [2.24, 2.45) is 0 Å². The fraction of sp³-hybridized carbons (Fsp3) is 0.286. The molecule has 114 valence electrons. The molecule has 1 atom stereocenters. The molecule has 1 unspecified atom stereocenters. The Labute approximate surface area is 139 Å². The molecule has 0 aliphatic heterocycles. The highest BCUT2D eigenvalue weighted by Crippen LogP contribution is 2.31. The third kappa shape index (κ3) is 3.43. The van der Waals surface area contributed by atoms with E-state index in [1.165, 1.54) is 15.6 Å². The predicted molar refractivity (Wildman–Crippen MR) is 88.7 cm³/mol.